The van der Waals surface area contributed by atoms with Crippen LogP contribution in [0.5, 0.6) is 0 Å². The largest absolute Gasteiger partial charge is 0.346 e. The van der Waals surface area contributed by atoms with E-state index in [0.29, 0.717) is 10.6 Å². The molecule has 0 aliphatic heterocycles. The molecule has 28 heavy (non-hydrogen) atoms. The number of fused-ring (bicyclic) bond motifs is 1. The molecular weight excluding hydrogens is 374 g/mol. The Morgan fingerprint density at radius 2 is 2.21 bits per heavy atom. The standard InChI is InChI=1S/C19H17N7OS/c1-2-28(27)15-7-13(8-21-10-15)17(3-5-20)26-11-14(9-25-26)18-16-4-6-22-19(16)24-12-23-18/h4,6-12,17H,2-3H2,1H3,(H,22,23,24). The number of pyridine rings is 1. The van der Waals surface area contributed by atoms with E-state index in [2.05, 4.69) is 31.1 Å². The lowest BCUT2D eigenvalue weighted by atomic mass is 10.1. The van der Waals surface area contributed by atoms with E-state index in [1.165, 1.54) is 6.33 Å². The molecule has 0 aromatic carbocycles. The van der Waals surface area contributed by atoms with Crippen LogP contribution in [0.15, 0.2) is 54.3 Å². The van der Waals surface area contributed by atoms with Gasteiger partial charge in [0.25, 0.3) is 0 Å². The molecule has 0 radical (unpaired) electrons. The van der Waals surface area contributed by atoms with Crippen molar-refractivity contribution in [2.45, 2.75) is 24.3 Å². The highest BCUT2D eigenvalue weighted by atomic mass is 32.2. The second-order valence-corrected chi connectivity index (χ2v) is 7.88. The first-order valence-corrected chi connectivity index (χ1v) is 10.1. The maximum absolute atomic E-state index is 12.1. The summed E-state index contributed by atoms with van der Waals surface area (Å²) in [5.41, 5.74) is 3.15. The van der Waals surface area contributed by atoms with Gasteiger partial charge < -0.3 is 4.98 Å². The van der Waals surface area contributed by atoms with E-state index in [1.807, 2.05) is 31.5 Å². The molecule has 0 fully saturated rings. The third-order valence-corrected chi connectivity index (χ3v) is 5.75. The monoisotopic (exact) mass is 391 g/mol. The zero-order valence-corrected chi connectivity index (χ0v) is 15.9. The summed E-state index contributed by atoms with van der Waals surface area (Å²) in [6.45, 7) is 1.86. The molecule has 0 bridgehead atoms. The number of aromatic amines is 1. The molecule has 2 unspecified atom stereocenters. The van der Waals surface area contributed by atoms with Crippen molar-refractivity contribution in [3.63, 3.8) is 0 Å². The summed E-state index contributed by atoms with van der Waals surface area (Å²) in [7, 11) is -1.11. The van der Waals surface area contributed by atoms with Crippen LogP contribution in [-0.4, -0.2) is 39.7 Å². The fraction of sp³-hybridized carbons (Fsp3) is 0.211. The van der Waals surface area contributed by atoms with Gasteiger partial charge >= 0.3 is 0 Å². The summed E-state index contributed by atoms with van der Waals surface area (Å²) in [4.78, 5) is 16.5. The third kappa shape index (κ3) is 3.30. The first-order chi connectivity index (χ1) is 13.7. The van der Waals surface area contributed by atoms with Crippen LogP contribution in [0, 0.1) is 11.3 Å². The SMILES string of the molecule is CCS(=O)c1cncc(C(CC#N)n2cc(-c3ncnc4[nH]ccc34)cn2)c1. The minimum absolute atomic E-state index is 0.217. The van der Waals surface area contributed by atoms with Gasteiger partial charge in [-0.15, -0.1) is 0 Å². The van der Waals surface area contributed by atoms with Crippen molar-refractivity contribution >= 4 is 21.8 Å². The predicted octanol–water partition coefficient (Wildman–Crippen LogP) is 2.85. The summed E-state index contributed by atoms with van der Waals surface area (Å²) in [5.74, 6) is 0.514. The Morgan fingerprint density at radius 1 is 1.32 bits per heavy atom. The van der Waals surface area contributed by atoms with E-state index in [0.717, 1.165) is 27.9 Å². The molecule has 4 aromatic heterocycles. The number of rotatable bonds is 6. The highest BCUT2D eigenvalue weighted by molar-refractivity contribution is 7.85. The fourth-order valence-electron chi connectivity index (χ4n) is 3.09. The van der Waals surface area contributed by atoms with Gasteiger partial charge in [-0.1, -0.05) is 6.92 Å². The summed E-state index contributed by atoms with van der Waals surface area (Å²) in [6, 6.07) is 5.63. The third-order valence-electron chi connectivity index (χ3n) is 4.48. The maximum atomic E-state index is 12.1. The minimum atomic E-state index is -1.11. The molecule has 2 atom stereocenters. The molecule has 0 saturated carbocycles. The van der Waals surface area contributed by atoms with E-state index in [-0.39, 0.29) is 12.5 Å². The van der Waals surface area contributed by atoms with E-state index in [9.17, 15) is 9.47 Å². The van der Waals surface area contributed by atoms with Gasteiger partial charge in [0, 0.05) is 41.5 Å². The molecule has 4 rings (SSSR count). The topological polar surface area (TPSA) is 113 Å². The first-order valence-electron chi connectivity index (χ1n) is 8.74. The molecule has 0 amide bonds. The van der Waals surface area contributed by atoms with E-state index in [1.54, 1.807) is 23.3 Å². The van der Waals surface area contributed by atoms with Gasteiger partial charge in [0.05, 0.1) is 46.1 Å². The van der Waals surface area contributed by atoms with Crippen molar-refractivity contribution in [1.82, 2.24) is 29.7 Å². The van der Waals surface area contributed by atoms with Crippen molar-refractivity contribution in [2.75, 3.05) is 5.75 Å². The molecular formula is C19H17N7OS. The lowest BCUT2D eigenvalue weighted by molar-refractivity contribution is 0.530. The number of nitrogens with one attached hydrogen (secondary N) is 1. The average molecular weight is 391 g/mol. The normalized spacial score (nSPS) is 13.3. The molecule has 140 valence electrons. The number of H-pyrrole nitrogens is 1. The van der Waals surface area contributed by atoms with Crippen LogP contribution < -0.4 is 0 Å². The Labute approximate surface area is 163 Å². The highest BCUT2D eigenvalue weighted by Gasteiger charge is 2.18. The van der Waals surface area contributed by atoms with Gasteiger partial charge in [-0.2, -0.15) is 10.4 Å². The van der Waals surface area contributed by atoms with Gasteiger partial charge in [0.2, 0.25) is 0 Å². The van der Waals surface area contributed by atoms with Crippen molar-refractivity contribution < 1.29 is 4.21 Å². The van der Waals surface area contributed by atoms with Crippen molar-refractivity contribution in [3.05, 3.63) is 55.0 Å². The molecule has 4 aromatic rings. The van der Waals surface area contributed by atoms with E-state index < -0.39 is 10.8 Å². The quantitative estimate of drug-likeness (QED) is 0.541. The van der Waals surface area contributed by atoms with Gasteiger partial charge in [-0.25, -0.2) is 9.97 Å². The average Bonchev–Trinajstić information content (AvgIpc) is 3.41. The highest BCUT2D eigenvalue weighted by Crippen LogP contribution is 2.28. The molecule has 1 N–H and O–H groups in total. The summed E-state index contributed by atoms with van der Waals surface area (Å²) < 4.78 is 13.9. The van der Waals surface area contributed by atoms with Crippen LogP contribution in [0.25, 0.3) is 22.3 Å². The fourth-order valence-corrected chi connectivity index (χ4v) is 3.87. The van der Waals surface area contributed by atoms with Crippen molar-refractivity contribution in [3.8, 4) is 17.3 Å². The first kappa shape index (κ1) is 18.0. The molecule has 4 heterocycles. The Kier molecular flexibility index (Phi) is 4.95. The molecule has 9 heteroatoms. The zero-order chi connectivity index (χ0) is 19.5. The van der Waals surface area contributed by atoms with Crippen LogP contribution in [0.3, 0.4) is 0 Å². The minimum Gasteiger partial charge on any atom is -0.346 e. The Hall–Kier alpha value is -3.38. The number of nitrogens with zero attached hydrogens (tertiary/aromatic N) is 6. The molecule has 8 nitrogen and oxygen atoms in total. The zero-order valence-electron chi connectivity index (χ0n) is 15.1. The van der Waals surface area contributed by atoms with E-state index in [4.69, 9.17) is 0 Å². The van der Waals surface area contributed by atoms with Gasteiger partial charge in [-0.3, -0.25) is 13.9 Å². The molecule has 0 aliphatic carbocycles. The number of aromatic nitrogens is 6. The lowest BCUT2D eigenvalue weighted by Crippen LogP contribution is -2.12. The van der Waals surface area contributed by atoms with Crippen molar-refractivity contribution in [1.29, 1.82) is 5.26 Å². The van der Waals surface area contributed by atoms with Crippen LogP contribution in [0.4, 0.5) is 0 Å². The number of nitriles is 1. The molecule has 0 aliphatic rings. The number of hydrogen-bond acceptors (Lipinski definition) is 6. The maximum Gasteiger partial charge on any atom is 0.141 e. The number of hydrogen-bond donors (Lipinski definition) is 1. The van der Waals surface area contributed by atoms with Gasteiger partial charge in [0.15, 0.2) is 0 Å². The van der Waals surface area contributed by atoms with Crippen LogP contribution in [0.1, 0.15) is 24.9 Å². The summed E-state index contributed by atoms with van der Waals surface area (Å²) in [6.07, 6.45) is 10.4. The summed E-state index contributed by atoms with van der Waals surface area (Å²) >= 11 is 0. The molecule has 0 spiro atoms. The smallest absolute Gasteiger partial charge is 0.141 e. The van der Waals surface area contributed by atoms with Crippen LogP contribution in [-0.2, 0) is 10.8 Å². The van der Waals surface area contributed by atoms with Crippen LogP contribution in [0.2, 0.25) is 0 Å². The van der Waals surface area contributed by atoms with Gasteiger partial charge in [-0.05, 0) is 17.7 Å². The Balaban J connectivity index is 1.74. The van der Waals surface area contributed by atoms with Crippen LogP contribution >= 0.6 is 0 Å². The second-order valence-electron chi connectivity index (χ2n) is 6.14. The second kappa shape index (κ2) is 7.70. The van der Waals surface area contributed by atoms with Crippen molar-refractivity contribution in [2.24, 2.45) is 0 Å². The van der Waals surface area contributed by atoms with Gasteiger partial charge in [0.1, 0.15) is 12.0 Å². The summed E-state index contributed by atoms with van der Waals surface area (Å²) in [5, 5.41) is 14.7. The molecule has 0 saturated heterocycles. The Morgan fingerprint density at radius 3 is 3.04 bits per heavy atom. The Bertz CT molecular complexity index is 1190. The predicted molar refractivity (Wildman–Crippen MR) is 105 cm³/mol. The lowest BCUT2D eigenvalue weighted by Gasteiger charge is -2.15. The van der Waals surface area contributed by atoms with E-state index >= 15 is 0 Å².